The van der Waals surface area contributed by atoms with Crippen molar-refractivity contribution < 1.29 is 10.2 Å². The number of piperidine rings is 1. The van der Waals surface area contributed by atoms with Crippen molar-refractivity contribution in [1.82, 2.24) is 4.90 Å². The Bertz CT molecular complexity index is 720. The van der Waals surface area contributed by atoms with Crippen molar-refractivity contribution in [3.05, 3.63) is 11.6 Å². The predicted octanol–water partition coefficient (Wildman–Crippen LogP) is 5.26. The Hall–Kier alpha value is -0.380. The van der Waals surface area contributed by atoms with Crippen LogP contribution < -0.4 is 0 Å². The summed E-state index contributed by atoms with van der Waals surface area (Å²) in [5, 5.41) is 21.7. The van der Waals surface area contributed by atoms with E-state index in [1.807, 2.05) is 0 Å². The van der Waals surface area contributed by atoms with Crippen LogP contribution in [-0.4, -0.2) is 47.0 Å². The average molecular weight is 430 g/mol. The van der Waals surface area contributed by atoms with Crippen LogP contribution in [0.2, 0.25) is 0 Å². The van der Waals surface area contributed by atoms with E-state index in [1.165, 1.54) is 38.6 Å². The third kappa shape index (κ3) is 3.39. The third-order valence-electron chi connectivity index (χ3n) is 11.5. The van der Waals surface area contributed by atoms with Gasteiger partial charge < -0.3 is 15.1 Å². The number of allylic oxidation sites excluding steroid dienone is 1. The highest BCUT2D eigenvalue weighted by atomic mass is 16.3. The van der Waals surface area contributed by atoms with E-state index < -0.39 is 0 Å². The van der Waals surface area contributed by atoms with Gasteiger partial charge >= 0.3 is 0 Å². The van der Waals surface area contributed by atoms with E-state index in [9.17, 15) is 10.2 Å². The zero-order chi connectivity index (χ0) is 22.1. The second-order valence-corrected chi connectivity index (χ2v) is 13.1. The molecule has 1 aliphatic heterocycles. The fourth-order valence-corrected chi connectivity index (χ4v) is 9.94. The molecule has 31 heavy (non-hydrogen) atoms. The molecule has 0 bridgehead atoms. The maximum atomic E-state index is 11.5. The van der Waals surface area contributed by atoms with Crippen LogP contribution in [0.4, 0.5) is 0 Å². The SMILES string of the molecule is C[C@H]1CC[C@@H]([C@@H](C)[C@H]2[C@H](O)C[C@H]3[C@@H]4CC=C5C[C@H](O)CC[C@]5(C)[C@H]4CC[C@]23C)N(C)C1. The summed E-state index contributed by atoms with van der Waals surface area (Å²) in [6.07, 6.45) is 12.7. The van der Waals surface area contributed by atoms with Crippen LogP contribution in [0.25, 0.3) is 0 Å². The molecule has 0 amide bonds. The first-order valence-corrected chi connectivity index (χ1v) is 13.4. The van der Waals surface area contributed by atoms with Crippen molar-refractivity contribution in [3.8, 4) is 0 Å². The first kappa shape index (κ1) is 22.4. The van der Waals surface area contributed by atoms with Gasteiger partial charge in [-0.1, -0.05) is 39.3 Å². The minimum Gasteiger partial charge on any atom is -0.393 e. The molecular formula is C28H47NO2. The van der Waals surface area contributed by atoms with Crippen molar-refractivity contribution in [2.75, 3.05) is 13.6 Å². The number of nitrogens with zero attached hydrogens (tertiary/aromatic N) is 1. The standard InChI is InChI=1S/C28H47NO2/c1-17-6-9-24(29(5)16-17)18(2)26-25(31)15-23-21-8-7-19-14-20(30)10-12-27(19,3)22(21)11-13-28(23,26)4/h7,17-18,20-26,30-31H,6,8-16H2,1-5H3/t17-,18+,20+,21+,22-,23-,24-,25+,26-,27-,28-/m0/s1. The van der Waals surface area contributed by atoms with Crippen LogP contribution in [0.1, 0.15) is 85.5 Å². The number of aliphatic hydroxyl groups is 2. The van der Waals surface area contributed by atoms with E-state index in [0.717, 1.165) is 43.4 Å². The molecule has 0 spiro atoms. The van der Waals surface area contributed by atoms with Gasteiger partial charge in [0.1, 0.15) is 0 Å². The Morgan fingerprint density at radius 2 is 1.84 bits per heavy atom. The van der Waals surface area contributed by atoms with Gasteiger partial charge in [0.15, 0.2) is 0 Å². The van der Waals surface area contributed by atoms with E-state index in [-0.39, 0.29) is 23.0 Å². The summed E-state index contributed by atoms with van der Waals surface area (Å²) in [7, 11) is 2.32. The highest BCUT2D eigenvalue weighted by Crippen LogP contribution is 2.67. The molecule has 5 rings (SSSR count). The van der Waals surface area contributed by atoms with Crippen LogP contribution >= 0.6 is 0 Å². The Balaban J connectivity index is 1.40. The van der Waals surface area contributed by atoms with Crippen LogP contribution in [0, 0.1) is 46.3 Å². The lowest BCUT2D eigenvalue weighted by molar-refractivity contribution is -0.0725. The zero-order valence-corrected chi connectivity index (χ0v) is 20.7. The summed E-state index contributed by atoms with van der Waals surface area (Å²) in [6, 6.07) is 0.624. The van der Waals surface area contributed by atoms with Crippen LogP contribution in [0.3, 0.4) is 0 Å². The van der Waals surface area contributed by atoms with Gasteiger partial charge in [-0.15, -0.1) is 0 Å². The summed E-state index contributed by atoms with van der Waals surface area (Å²) in [5.41, 5.74) is 2.12. The van der Waals surface area contributed by atoms with Gasteiger partial charge in [-0.2, -0.15) is 0 Å². The van der Waals surface area contributed by atoms with E-state index in [1.54, 1.807) is 5.57 Å². The quantitative estimate of drug-likeness (QED) is 0.588. The monoisotopic (exact) mass is 429 g/mol. The molecule has 0 radical (unpaired) electrons. The molecular weight excluding hydrogens is 382 g/mol. The van der Waals surface area contributed by atoms with E-state index in [2.05, 4.69) is 45.7 Å². The Morgan fingerprint density at radius 1 is 1.06 bits per heavy atom. The predicted molar refractivity (Wildman–Crippen MR) is 127 cm³/mol. The van der Waals surface area contributed by atoms with Gasteiger partial charge in [0, 0.05) is 12.6 Å². The van der Waals surface area contributed by atoms with Gasteiger partial charge in [-0.25, -0.2) is 0 Å². The number of hydrogen-bond acceptors (Lipinski definition) is 3. The zero-order valence-electron chi connectivity index (χ0n) is 20.7. The fourth-order valence-electron chi connectivity index (χ4n) is 9.94. The largest absolute Gasteiger partial charge is 0.393 e. The summed E-state index contributed by atoms with van der Waals surface area (Å²) in [5.74, 6) is 3.93. The molecule has 176 valence electrons. The maximum Gasteiger partial charge on any atom is 0.0579 e. The average Bonchev–Trinajstić information content (AvgIpc) is 2.98. The molecule has 3 saturated carbocycles. The van der Waals surface area contributed by atoms with Crippen molar-refractivity contribution in [2.24, 2.45) is 46.3 Å². The molecule has 2 N–H and O–H groups in total. The minimum atomic E-state index is -0.136. The van der Waals surface area contributed by atoms with Gasteiger partial charge in [0.25, 0.3) is 0 Å². The number of rotatable bonds is 2. The number of fused-ring (bicyclic) bond motifs is 5. The van der Waals surface area contributed by atoms with Crippen molar-refractivity contribution in [2.45, 2.75) is 104 Å². The highest BCUT2D eigenvalue weighted by molar-refractivity contribution is 5.25. The molecule has 0 unspecified atom stereocenters. The molecule has 0 aromatic carbocycles. The van der Waals surface area contributed by atoms with Gasteiger partial charge in [0.05, 0.1) is 12.2 Å². The molecule has 0 aromatic heterocycles. The lowest BCUT2D eigenvalue weighted by atomic mass is 9.47. The summed E-state index contributed by atoms with van der Waals surface area (Å²) < 4.78 is 0. The molecule has 3 nitrogen and oxygen atoms in total. The van der Waals surface area contributed by atoms with Crippen LogP contribution in [-0.2, 0) is 0 Å². The molecule has 4 fully saturated rings. The molecule has 4 aliphatic carbocycles. The lowest BCUT2D eigenvalue weighted by Gasteiger charge is -2.58. The van der Waals surface area contributed by atoms with Crippen molar-refractivity contribution in [3.63, 3.8) is 0 Å². The summed E-state index contributed by atoms with van der Waals surface area (Å²) in [4.78, 5) is 2.61. The van der Waals surface area contributed by atoms with Crippen molar-refractivity contribution in [1.29, 1.82) is 0 Å². The third-order valence-corrected chi connectivity index (χ3v) is 11.5. The summed E-state index contributed by atoms with van der Waals surface area (Å²) >= 11 is 0. The summed E-state index contributed by atoms with van der Waals surface area (Å²) in [6.45, 7) is 11.1. The smallest absolute Gasteiger partial charge is 0.0579 e. The molecule has 5 aliphatic rings. The Kier molecular flexibility index (Phi) is 5.67. The minimum absolute atomic E-state index is 0.126. The van der Waals surface area contributed by atoms with Gasteiger partial charge in [-0.05, 0) is 111 Å². The molecule has 11 atom stereocenters. The van der Waals surface area contributed by atoms with Gasteiger partial charge in [-0.3, -0.25) is 0 Å². The second kappa shape index (κ2) is 7.84. The number of hydrogen-bond donors (Lipinski definition) is 2. The Morgan fingerprint density at radius 3 is 2.58 bits per heavy atom. The first-order valence-electron chi connectivity index (χ1n) is 13.4. The number of likely N-dealkylation sites (tertiary alicyclic amines) is 1. The molecule has 0 aromatic rings. The number of aliphatic hydroxyl groups excluding tert-OH is 2. The van der Waals surface area contributed by atoms with Crippen LogP contribution in [0.5, 0.6) is 0 Å². The first-order chi connectivity index (χ1) is 14.6. The van der Waals surface area contributed by atoms with Gasteiger partial charge in [0.2, 0.25) is 0 Å². The lowest BCUT2D eigenvalue weighted by Crippen LogP contribution is -2.53. The van der Waals surface area contributed by atoms with Crippen molar-refractivity contribution >= 4 is 0 Å². The van der Waals surface area contributed by atoms with E-state index in [4.69, 9.17) is 0 Å². The van der Waals surface area contributed by atoms with E-state index in [0.29, 0.717) is 23.8 Å². The topological polar surface area (TPSA) is 43.7 Å². The molecule has 1 saturated heterocycles. The molecule has 1 heterocycles. The molecule has 3 heteroatoms. The second-order valence-electron chi connectivity index (χ2n) is 13.1. The normalized spacial score (nSPS) is 53.8. The van der Waals surface area contributed by atoms with Crippen LogP contribution in [0.15, 0.2) is 11.6 Å². The Labute approximate surface area is 190 Å². The fraction of sp³-hybridized carbons (Fsp3) is 0.929. The maximum absolute atomic E-state index is 11.5. The van der Waals surface area contributed by atoms with E-state index >= 15 is 0 Å². The highest BCUT2D eigenvalue weighted by Gasteiger charge is 2.62.